The number of ether oxygens (including phenoxy) is 1. The third-order valence-corrected chi connectivity index (χ3v) is 12.0. The number of aliphatic hydroxyl groups is 1. The first-order valence-electron chi connectivity index (χ1n) is 20.0. The van der Waals surface area contributed by atoms with E-state index >= 15 is 0 Å². The van der Waals surface area contributed by atoms with Crippen LogP contribution in [0.4, 0.5) is 0 Å². The summed E-state index contributed by atoms with van der Waals surface area (Å²) in [6.45, 7) is 14.3. The van der Waals surface area contributed by atoms with Crippen molar-refractivity contribution in [3.05, 3.63) is 42.1 Å². The number of carbonyl (C=O) groups excluding carboxylic acids is 4. The Kier molecular flexibility index (Phi) is 17.5. The van der Waals surface area contributed by atoms with Crippen molar-refractivity contribution in [2.75, 3.05) is 34.4 Å². The van der Waals surface area contributed by atoms with Gasteiger partial charge in [-0.2, -0.15) is 0 Å². The lowest BCUT2D eigenvalue weighted by molar-refractivity contribution is -0.148. The van der Waals surface area contributed by atoms with Gasteiger partial charge in [0.15, 0.2) is 5.78 Å². The highest BCUT2D eigenvalue weighted by atomic mass is 16.5. The van der Waals surface area contributed by atoms with E-state index < -0.39 is 24.0 Å². The fourth-order valence-electron chi connectivity index (χ4n) is 8.45. The Morgan fingerprint density at radius 2 is 1.74 bits per heavy atom. The molecule has 1 aromatic heterocycles. The molecule has 1 saturated heterocycles. The number of rotatable bonds is 22. The average Bonchev–Trinajstić information content (AvgIpc) is 3.62. The Hall–Kier alpha value is -3.21. The van der Waals surface area contributed by atoms with Gasteiger partial charge in [0.25, 0.3) is 0 Å². The highest BCUT2D eigenvalue weighted by molar-refractivity contribution is 5.90. The molecule has 2 aromatic rings. The number of benzene rings is 1. The molecule has 1 aliphatic heterocycles. The van der Waals surface area contributed by atoms with Crippen LogP contribution < -0.4 is 5.32 Å². The Morgan fingerprint density at radius 3 is 2.34 bits per heavy atom. The molecule has 0 saturated carbocycles. The minimum absolute atomic E-state index is 0.0218. The van der Waals surface area contributed by atoms with Gasteiger partial charge in [-0.05, 0) is 68.2 Å². The standard InChI is InChI=1S/C43H68N4O6/c1-11-29(6)42(46(9)43(52)33(27(2)3)23-38(50)41(44-8)28(4)5)39(53-10)24-40(51)47-21-15-19-36(47)34(26-48)30(7)37(49)20-14-16-31-22-32-17-12-13-18-35(32)45-25-31/h12-13,17-18,22,25,27-30,33-34,36,39,41-42,44,48H,11,14-16,19-21,23-24,26H2,1-10H3/t29-,30+,33-,34+,36-,39+,41-,42?/m0/s1. The van der Waals surface area contributed by atoms with E-state index in [1.54, 1.807) is 26.1 Å². The van der Waals surface area contributed by atoms with Crippen molar-refractivity contribution >= 4 is 34.3 Å². The lowest BCUT2D eigenvalue weighted by Gasteiger charge is -2.41. The average molecular weight is 737 g/mol. The molecular weight excluding hydrogens is 668 g/mol. The number of hydrogen-bond donors (Lipinski definition) is 2. The van der Waals surface area contributed by atoms with Gasteiger partial charge < -0.3 is 25.0 Å². The number of nitrogens with one attached hydrogen (secondary N) is 1. The number of amides is 2. The van der Waals surface area contributed by atoms with Crippen LogP contribution in [0.2, 0.25) is 0 Å². The van der Waals surface area contributed by atoms with Crippen molar-refractivity contribution in [2.24, 2.45) is 35.5 Å². The van der Waals surface area contributed by atoms with Gasteiger partial charge in [0.1, 0.15) is 5.78 Å². The number of hydrogen-bond acceptors (Lipinski definition) is 8. The van der Waals surface area contributed by atoms with E-state index in [9.17, 15) is 24.3 Å². The number of carbonyl (C=O) groups is 4. The second-order valence-electron chi connectivity index (χ2n) is 16.1. The monoisotopic (exact) mass is 737 g/mol. The molecule has 1 aliphatic rings. The van der Waals surface area contributed by atoms with E-state index in [-0.39, 0.29) is 78.6 Å². The molecule has 1 fully saturated rings. The summed E-state index contributed by atoms with van der Waals surface area (Å²) in [5.41, 5.74) is 2.04. The Balaban J connectivity index is 1.70. The Bertz CT molecular complexity index is 1500. The van der Waals surface area contributed by atoms with Gasteiger partial charge in [0.05, 0.1) is 30.1 Å². The molecule has 53 heavy (non-hydrogen) atoms. The van der Waals surface area contributed by atoms with Crippen LogP contribution in [-0.2, 0) is 30.3 Å². The Morgan fingerprint density at radius 1 is 1.04 bits per heavy atom. The number of nitrogens with zero attached hydrogens (tertiary/aromatic N) is 3. The van der Waals surface area contributed by atoms with Gasteiger partial charge in [0, 0.05) is 75.5 Å². The summed E-state index contributed by atoms with van der Waals surface area (Å²) in [6, 6.07) is 9.13. The predicted octanol–water partition coefficient (Wildman–Crippen LogP) is 6.12. The molecule has 2 N–H and O–H groups in total. The second kappa shape index (κ2) is 21.0. The smallest absolute Gasteiger partial charge is 0.226 e. The predicted molar refractivity (Wildman–Crippen MR) is 211 cm³/mol. The molecule has 2 heterocycles. The topological polar surface area (TPSA) is 129 Å². The lowest BCUT2D eigenvalue weighted by Crippen LogP contribution is -2.54. The maximum atomic E-state index is 14.2. The first kappa shape index (κ1) is 44.2. The van der Waals surface area contributed by atoms with Crippen LogP contribution in [0.1, 0.15) is 99.0 Å². The molecule has 0 bridgehead atoms. The summed E-state index contributed by atoms with van der Waals surface area (Å²) in [5, 5.41) is 14.8. The Labute approximate surface area is 318 Å². The number of aryl methyl sites for hydroxylation is 1. The number of para-hydroxylation sites is 1. The zero-order valence-corrected chi connectivity index (χ0v) is 34.1. The molecular formula is C43H68N4O6. The third-order valence-electron chi connectivity index (χ3n) is 12.0. The summed E-state index contributed by atoms with van der Waals surface area (Å²) < 4.78 is 6.03. The quantitative estimate of drug-likeness (QED) is 0.148. The number of ketones is 2. The van der Waals surface area contributed by atoms with Gasteiger partial charge in [-0.1, -0.05) is 73.1 Å². The van der Waals surface area contributed by atoms with Crippen molar-refractivity contribution in [1.82, 2.24) is 20.1 Å². The molecule has 10 nitrogen and oxygen atoms in total. The number of methoxy groups -OCH3 is 1. The van der Waals surface area contributed by atoms with Crippen LogP contribution in [0.5, 0.6) is 0 Å². The lowest BCUT2D eigenvalue weighted by atomic mass is 9.82. The number of likely N-dealkylation sites (tertiary alicyclic amines) is 1. The molecule has 0 spiro atoms. The molecule has 2 amide bonds. The molecule has 10 heteroatoms. The van der Waals surface area contributed by atoms with Crippen molar-refractivity contribution in [3.63, 3.8) is 0 Å². The number of aromatic nitrogens is 1. The molecule has 0 aliphatic carbocycles. The fourth-order valence-corrected chi connectivity index (χ4v) is 8.45. The van der Waals surface area contributed by atoms with Gasteiger partial charge in [0.2, 0.25) is 11.8 Å². The van der Waals surface area contributed by atoms with Crippen LogP contribution in [0.25, 0.3) is 10.9 Å². The van der Waals surface area contributed by atoms with E-state index in [4.69, 9.17) is 4.74 Å². The highest BCUT2D eigenvalue weighted by Crippen LogP contribution is 2.33. The van der Waals surface area contributed by atoms with Gasteiger partial charge in [-0.15, -0.1) is 0 Å². The fraction of sp³-hybridized carbons (Fsp3) is 0.698. The number of aliphatic hydroxyl groups excluding tert-OH is 1. The summed E-state index contributed by atoms with van der Waals surface area (Å²) in [6.07, 6.45) is 5.61. The zero-order valence-electron chi connectivity index (χ0n) is 34.1. The molecule has 1 unspecified atom stereocenters. The summed E-state index contributed by atoms with van der Waals surface area (Å²) in [5.74, 6) is -1.31. The zero-order chi connectivity index (χ0) is 39.4. The van der Waals surface area contributed by atoms with Crippen LogP contribution >= 0.6 is 0 Å². The molecule has 3 rings (SSSR count). The summed E-state index contributed by atoms with van der Waals surface area (Å²) in [7, 11) is 5.14. The summed E-state index contributed by atoms with van der Waals surface area (Å²) >= 11 is 0. The van der Waals surface area contributed by atoms with Crippen molar-refractivity contribution in [1.29, 1.82) is 0 Å². The minimum atomic E-state index is -0.576. The SMILES string of the molecule is CC[C@H](C)C([C@@H](CC(=O)N1CCC[C@H]1[C@H](CO)[C@@H](C)C(=O)CCCc1cnc2ccccc2c1)OC)N(C)C(=O)[C@@H](CC(=O)[C@@H](NC)C(C)C)C(C)C. The van der Waals surface area contributed by atoms with Crippen molar-refractivity contribution in [3.8, 4) is 0 Å². The third kappa shape index (κ3) is 11.4. The van der Waals surface area contributed by atoms with Gasteiger partial charge in [-0.25, -0.2) is 0 Å². The number of Topliss-reactive ketones (excluding diaryl/α,β-unsaturated/α-hetero) is 2. The number of pyridine rings is 1. The number of fused-ring (bicyclic) bond motifs is 1. The first-order valence-corrected chi connectivity index (χ1v) is 20.0. The molecule has 296 valence electrons. The van der Waals surface area contributed by atoms with E-state index in [0.717, 1.165) is 42.1 Å². The largest absolute Gasteiger partial charge is 0.396 e. The maximum Gasteiger partial charge on any atom is 0.226 e. The van der Waals surface area contributed by atoms with Gasteiger partial charge >= 0.3 is 0 Å². The molecule has 8 atom stereocenters. The molecule has 1 aromatic carbocycles. The van der Waals surface area contributed by atoms with Gasteiger partial charge in [-0.3, -0.25) is 24.2 Å². The van der Waals surface area contributed by atoms with E-state index in [2.05, 4.69) is 30.2 Å². The highest BCUT2D eigenvalue weighted by Gasteiger charge is 2.42. The van der Waals surface area contributed by atoms with E-state index in [1.807, 2.05) is 70.0 Å². The van der Waals surface area contributed by atoms with Crippen LogP contribution in [0.15, 0.2) is 36.5 Å². The minimum Gasteiger partial charge on any atom is -0.396 e. The number of likely N-dealkylation sites (N-methyl/N-ethyl adjacent to an activating group) is 2. The van der Waals surface area contributed by atoms with Crippen LogP contribution in [0.3, 0.4) is 0 Å². The van der Waals surface area contributed by atoms with E-state index in [0.29, 0.717) is 19.4 Å². The summed E-state index contributed by atoms with van der Waals surface area (Å²) in [4.78, 5) is 63.2. The molecule has 0 radical (unpaired) electrons. The van der Waals surface area contributed by atoms with Crippen molar-refractivity contribution < 1.29 is 29.0 Å². The van der Waals surface area contributed by atoms with Crippen LogP contribution in [0, 0.1) is 35.5 Å². The maximum absolute atomic E-state index is 14.2. The van der Waals surface area contributed by atoms with E-state index in [1.165, 1.54) is 0 Å². The first-order chi connectivity index (χ1) is 25.2. The second-order valence-corrected chi connectivity index (χ2v) is 16.1. The van der Waals surface area contributed by atoms with Crippen LogP contribution in [-0.4, -0.2) is 102 Å². The normalized spacial score (nSPS) is 18.8. The van der Waals surface area contributed by atoms with Crippen molar-refractivity contribution in [2.45, 2.75) is 124 Å².